The fourth-order valence-electron chi connectivity index (χ4n) is 2.20. The largest absolute Gasteiger partial charge is 0.494 e. The Morgan fingerprint density at radius 3 is 2.48 bits per heavy atom. The average Bonchev–Trinajstić information content (AvgIpc) is 2.45. The smallest absolute Gasteiger partial charge is 0.168 e. The summed E-state index contributed by atoms with van der Waals surface area (Å²) in [6.45, 7) is 0. The Morgan fingerprint density at radius 1 is 1.05 bits per heavy atom. The van der Waals surface area contributed by atoms with Crippen LogP contribution in [0.5, 0.6) is 5.75 Å². The van der Waals surface area contributed by atoms with Crippen molar-refractivity contribution < 1.29 is 17.9 Å². The Bertz CT molecular complexity index is 631. The van der Waals surface area contributed by atoms with Crippen molar-refractivity contribution in [1.29, 1.82) is 0 Å². The van der Waals surface area contributed by atoms with Crippen LogP contribution < -0.4 is 10.5 Å². The molecule has 1 atom stereocenters. The molecule has 0 aliphatic rings. The van der Waals surface area contributed by atoms with Gasteiger partial charge in [-0.2, -0.15) is 0 Å². The molecule has 0 aliphatic carbocycles. The lowest BCUT2D eigenvalue weighted by Gasteiger charge is -2.14. The highest BCUT2D eigenvalue weighted by Crippen LogP contribution is 2.21. The molecule has 1 unspecified atom stereocenters. The molecule has 0 fully saturated rings. The maximum Gasteiger partial charge on any atom is 0.168 e. The molecule has 2 rings (SSSR count). The number of halogens is 3. The molecule has 0 bridgehead atoms. The van der Waals surface area contributed by atoms with Gasteiger partial charge in [-0.15, -0.1) is 0 Å². The van der Waals surface area contributed by atoms with Crippen molar-refractivity contribution in [1.82, 2.24) is 0 Å². The molecule has 2 aromatic rings. The molecule has 5 heteroatoms. The monoisotopic (exact) mass is 295 g/mol. The Kier molecular flexibility index (Phi) is 4.85. The average molecular weight is 295 g/mol. The van der Waals surface area contributed by atoms with Gasteiger partial charge in [0.2, 0.25) is 0 Å². The molecular formula is C16H16F3NO. The number of hydrogen-bond donors (Lipinski definition) is 1. The van der Waals surface area contributed by atoms with E-state index < -0.39 is 23.5 Å². The number of methoxy groups -OCH3 is 1. The zero-order valence-corrected chi connectivity index (χ0v) is 11.6. The van der Waals surface area contributed by atoms with E-state index in [4.69, 9.17) is 10.5 Å². The third-order valence-electron chi connectivity index (χ3n) is 3.23. The molecule has 2 aromatic carbocycles. The molecule has 0 saturated heterocycles. The summed E-state index contributed by atoms with van der Waals surface area (Å²) in [4.78, 5) is 0. The quantitative estimate of drug-likeness (QED) is 0.919. The SMILES string of the molecule is COc1cccc(CC(N)Cc2ccc(F)c(F)c2)c1F. The second kappa shape index (κ2) is 6.63. The van der Waals surface area contributed by atoms with E-state index in [1.807, 2.05) is 0 Å². The van der Waals surface area contributed by atoms with Crippen LogP contribution in [-0.4, -0.2) is 13.2 Å². The topological polar surface area (TPSA) is 35.2 Å². The Hall–Kier alpha value is -2.01. The number of benzene rings is 2. The van der Waals surface area contributed by atoms with E-state index in [2.05, 4.69) is 0 Å². The van der Waals surface area contributed by atoms with Crippen LogP contribution in [0.25, 0.3) is 0 Å². The maximum absolute atomic E-state index is 14.0. The number of rotatable bonds is 5. The first-order valence-corrected chi connectivity index (χ1v) is 6.52. The summed E-state index contributed by atoms with van der Waals surface area (Å²) >= 11 is 0. The van der Waals surface area contributed by atoms with Crippen LogP contribution in [0.2, 0.25) is 0 Å². The van der Waals surface area contributed by atoms with Crippen LogP contribution in [0.15, 0.2) is 36.4 Å². The van der Waals surface area contributed by atoms with Crippen LogP contribution in [-0.2, 0) is 12.8 Å². The second-order valence-electron chi connectivity index (χ2n) is 4.85. The number of nitrogens with two attached hydrogens (primary N) is 1. The highest BCUT2D eigenvalue weighted by atomic mass is 19.2. The summed E-state index contributed by atoms with van der Waals surface area (Å²) < 4.78 is 44.9. The van der Waals surface area contributed by atoms with Gasteiger partial charge >= 0.3 is 0 Å². The van der Waals surface area contributed by atoms with E-state index in [1.54, 1.807) is 12.1 Å². The van der Waals surface area contributed by atoms with Gasteiger partial charge in [0.15, 0.2) is 23.2 Å². The molecule has 0 heterocycles. The normalized spacial score (nSPS) is 12.2. The van der Waals surface area contributed by atoms with Crippen LogP contribution in [0.1, 0.15) is 11.1 Å². The van der Waals surface area contributed by atoms with Crippen molar-refractivity contribution in [2.45, 2.75) is 18.9 Å². The van der Waals surface area contributed by atoms with Crippen molar-refractivity contribution in [3.63, 3.8) is 0 Å². The zero-order valence-electron chi connectivity index (χ0n) is 11.6. The van der Waals surface area contributed by atoms with Crippen LogP contribution in [0.4, 0.5) is 13.2 Å². The van der Waals surface area contributed by atoms with Gasteiger partial charge in [0, 0.05) is 6.04 Å². The lowest BCUT2D eigenvalue weighted by Crippen LogP contribution is -2.26. The van der Waals surface area contributed by atoms with Gasteiger partial charge in [0.05, 0.1) is 7.11 Å². The molecule has 0 amide bonds. The van der Waals surface area contributed by atoms with Crippen molar-refractivity contribution >= 4 is 0 Å². The zero-order chi connectivity index (χ0) is 15.4. The summed E-state index contributed by atoms with van der Waals surface area (Å²) in [6, 6.07) is 8.07. The van der Waals surface area contributed by atoms with Gasteiger partial charge in [-0.1, -0.05) is 18.2 Å². The van der Waals surface area contributed by atoms with Crippen molar-refractivity contribution in [3.05, 3.63) is 65.0 Å². The predicted molar refractivity (Wildman–Crippen MR) is 74.7 cm³/mol. The molecule has 0 radical (unpaired) electrons. The van der Waals surface area contributed by atoms with Crippen LogP contribution in [0.3, 0.4) is 0 Å². The summed E-state index contributed by atoms with van der Waals surface area (Å²) in [6.07, 6.45) is 0.607. The van der Waals surface area contributed by atoms with E-state index >= 15 is 0 Å². The molecule has 21 heavy (non-hydrogen) atoms. The first-order valence-electron chi connectivity index (χ1n) is 6.52. The van der Waals surface area contributed by atoms with Gasteiger partial charge in [-0.3, -0.25) is 0 Å². The highest BCUT2D eigenvalue weighted by Gasteiger charge is 2.13. The molecule has 0 aromatic heterocycles. The minimum Gasteiger partial charge on any atom is -0.494 e. The number of ether oxygens (including phenoxy) is 1. The third kappa shape index (κ3) is 3.76. The summed E-state index contributed by atoms with van der Waals surface area (Å²) in [5.74, 6) is -2.09. The van der Waals surface area contributed by atoms with Gasteiger partial charge in [0.1, 0.15) is 0 Å². The van der Waals surface area contributed by atoms with E-state index in [1.165, 1.54) is 19.2 Å². The molecular weight excluding hydrogens is 279 g/mol. The standard InChI is InChI=1S/C16H16F3NO/c1-21-15-4-2-3-11(16(15)19)9-12(20)7-10-5-6-13(17)14(18)8-10/h2-6,8,12H,7,9,20H2,1H3. The molecule has 0 aliphatic heterocycles. The lowest BCUT2D eigenvalue weighted by atomic mass is 9.99. The third-order valence-corrected chi connectivity index (χ3v) is 3.23. The van der Waals surface area contributed by atoms with Gasteiger partial charge in [0.25, 0.3) is 0 Å². The fourth-order valence-corrected chi connectivity index (χ4v) is 2.20. The highest BCUT2D eigenvalue weighted by molar-refractivity contribution is 5.32. The second-order valence-corrected chi connectivity index (χ2v) is 4.85. The summed E-state index contributed by atoms with van der Waals surface area (Å²) in [5.41, 5.74) is 6.97. The van der Waals surface area contributed by atoms with Gasteiger partial charge in [-0.05, 0) is 42.2 Å². The molecule has 2 nitrogen and oxygen atoms in total. The Morgan fingerprint density at radius 2 is 1.81 bits per heavy atom. The summed E-state index contributed by atoms with van der Waals surface area (Å²) in [5, 5.41) is 0. The van der Waals surface area contributed by atoms with Crippen molar-refractivity contribution in [2.75, 3.05) is 7.11 Å². The first-order chi connectivity index (χ1) is 10.0. The van der Waals surface area contributed by atoms with Crippen LogP contribution in [0, 0.1) is 17.5 Å². The van der Waals surface area contributed by atoms with E-state index in [-0.39, 0.29) is 12.2 Å². The first kappa shape index (κ1) is 15.4. The molecule has 0 saturated carbocycles. The van der Waals surface area contributed by atoms with Gasteiger partial charge < -0.3 is 10.5 Å². The molecule has 2 N–H and O–H groups in total. The Labute approximate surface area is 121 Å². The van der Waals surface area contributed by atoms with Crippen molar-refractivity contribution in [2.24, 2.45) is 5.73 Å². The fraction of sp³-hybridized carbons (Fsp3) is 0.250. The number of hydrogen-bond acceptors (Lipinski definition) is 2. The Balaban J connectivity index is 2.08. The minimum atomic E-state index is -0.910. The predicted octanol–water partition coefficient (Wildman–Crippen LogP) is 3.23. The van der Waals surface area contributed by atoms with E-state index in [9.17, 15) is 13.2 Å². The van der Waals surface area contributed by atoms with Gasteiger partial charge in [-0.25, -0.2) is 13.2 Å². The molecule has 0 spiro atoms. The van der Waals surface area contributed by atoms with Crippen LogP contribution >= 0.6 is 0 Å². The maximum atomic E-state index is 14.0. The summed E-state index contributed by atoms with van der Waals surface area (Å²) in [7, 11) is 1.39. The van der Waals surface area contributed by atoms with E-state index in [0.717, 1.165) is 12.1 Å². The van der Waals surface area contributed by atoms with Crippen molar-refractivity contribution in [3.8, 4) is 5.75 Å². The lowest BCUT2D eigenvalue weighted by molar-refractivity contribution is 0.383. The van der Waals surface area contributed by atoms with E-state index in [0.29, 0.717) is 17.5 Å². The minimum absolute atomic E-state index is 0.160. The molecule has 112 valence electrons.